The Hall–Kier alpha value is -2.86. The van der Waals surface area contributed by atoms with Gasteiger partial charge in [-0.05, 0) is 79.2 Å². The van der Waals surface area contributed by atoms with E-state index >= 15 is 0 Å². The van der Waals surface area contributed by atoms with Crippen molar-refractivity contribution in [2.24, 2.45) is 5.41 Å². The number of benzene rings is 2. The van der Waals surface area contributed by atoms with Gasteiger partial charge in [-0.3, -0.25) is 14.6 Å². The smallest absolute Gasteiger partial charge is 0.327 e. The molecule has 3 saturated heterocycles. The molecule has 3 fully saturated rings. The molecular weight excluding hydrogens is 484 g/mol. The SMILES string of the molecule is CC(C)(C)CCN1C(=O)N(C2Cc3ccccc3C2)C(=O)C12CCN(Cc1ccc(N3CCCC3)cc1)CC2. The second-order valence-electron chi connectivity index (χ2n) is 13.4. The molecule has 3 aliphatic heterocycles. The largest absolute Gasteiger partial charge is 0.372 e. The Labute approximate surface area is 233 Å². The van der Waals surface area contributed by atoms with Gasteiger partial charge >= 0.3 is 6.03 Å². The molecule has 6 rings (SSSR count). The van der Waals surface area contributed by atoms with E-state index in [4.69, 9.17) is 0 Å². The van der Waals surface area contributed by atoms with Gasteiger partial charge in [0.25, 0.3) is 5.91 Å². The number of rotatable bonds is 6. The highest BCUT2D eigenvalue weighted by Gasteiger charge is 2.59. The summed E-state index contributed by atoms with van der Waals surface area (Å²) in [7, 11) is 0. The van der Waals surface area contributed by atoms with Crippen LogP contribution in [0.3, 0.4) is 0 Å². The van der Waals surface area contributed by atoms with Crippen LogP contribution >= 0.6 is 0 Å². The monoisotopic (exact) mass is 528 g/mol. The van der Waals surface area contributed by atoms with Crippen molar-refractivity contribution in [1.82, 2.24) is 14.7 Å². The fourth-order valence-electron chi connectivity index (χ4n) is 7.15. The Kier molecular flexibility index (Phi) is 6.95. The van der Waals surface area contributed by atoms with E-state index < -0.39 is 5.54 Å². The molecule has 6 nitrogen and oxygen atoms in total. The molecule has 1 spiro atoms. The highest BCUT2D eigenvalue weighted by Crippen LogP contribution is 2.41. The van der Waals surface area contributed by atoms with Gasteiger partial charge < -0.3 is 9.80 Å². The minimum absolute atomic E-state index is 0.0498. The first-order valence-electron chi connectivity index (χ1n) is 15.0. The number of anilines is 1. The lowest BCUT2D eigenvalue weighted by atomic mass is 9.84. The van der Waals surface area contributed by atoms with Crippen LogP contribution in [0.5, 0.6) is 0 Å². The summed E-state index contributed by atoms with van der Waals surface area (Å²) in [6.45, 7) is 12.2. The van der Waals surface area contributed by atoms with E-state index in [9.17, 15) is 9.59 Å². The number of fused-ring (bicyclic) bond motifs is 1. The number of carbonyl (C=O) groups is 2. The number of likely N-dealkylation sites (tertiary alicyclic amines) is 1. The van der Waals surface area contributed by atoms with Crippen LogP contribution in [0.15, 0.2) is 48.5 Å². The first kappa shape index (κ1) is 26.4. The summed E-state index contributed by atoms with van der Waals surface area (Å²) in [5.74, 6) is 0.0498. The minimum Gasteiger partial charge on any atom is -0.372 e. The third-order valence-electron chi connectivity index (χ3n) is 9.55. The van der Waals surface area contributed by atoms with E-state index in [0.717, 1.165) is 52.0 Å². The third-order valence-corrected chi connectivity index (χ3v) is 9.55. The van der Waals surface area contributed by atoms with Crippen molar-refractivity contribution in [2.75, 3.05) is 37.6 Å². The van der Waals surface area contributed by atoms with Crippen molar-refractivity contribution in [2.45, 2.75) is 83.8 Å². The Morgan fingerprint density at radius 3 is 2.05 bits per heavy atom. The number of hydrogen-bond donors (Lipinski definition) is 0. The van der Waals surface area contributed by atoms with Crippen LogP contribution in [-0.2, 0) is 24.2 Å². The number of imide groups is 1. The summed E-state index contributed by atoms with van der Waals surface area (Å²) in [6.07, 6.45) is 6.44. The van der Waals surface area contributed by atoms with Crippen molar-refractivity contribution in [3.8, 4) is 0 Å². The molecular formula is C33H44N4O2. The van der Waals surface area contributed by atoms with Crippen LogP contribution in [0.4, 0.5) is 10.5 Å². The van der Waals surface area contributed by atoms with E-state index in [1.807, 2.05) is 4.90 Å². The number of amides is 3. The Balaban J connectivity index is 1.16. The molecule has 39 heavy (non-hydrogen) atoms. The fraction of sp³-hybridized carbons (Fsp3) is 0.576. The summed E-state index contributed by atoms with van der Waals surface area (Å²) in [4.78, 5) is 36.8. The molecule has 0 radical (unpaired) electrons. The predicted molar refractivity (Wildman–Crippen MR) is 156 cm³/mol. The van der Waals surface area contributed by atoms with Gasteiger partial charge in [-0.25, -0.2) is 4.79 Å². The molecule has 0 saturated carbocycles. The van der Waals surface area contributed by atoms with Crippen molar-refractivity contribution >= 4 is 17.6 Å². The van der Waals surface area contributed by atoms with Crippen LogP contribution in [-0.4, -0.2) is 70.9 Å². The van der Waals surface area contributed by atoms with E-state index in [1.165, 1.54) is 35.2 Å². The molecule has 0 N–H and O–H groups in total. The van der Waals surface area contributed by atoms with Crippen LogP contribution in [0.1, 0.15) is 69.6 Å². The van der Waals surface area contributed by atoms with Crippen LogP contribution in [0.25, 0.3) is 0 Å². The van der Waals surface area contributed by atoms with Gasteiger partial charge in [0.05, 0.1) is 0 Å². The van der Waals surface area contributed by atoms with E-state index in [1.54, 1.807) is 4.90 Å². The second-order valence-corrected chi connectivity index (χ2v) is 13.4. The number of piperidine rings is 1. The third kappa shape index (κ3) is 5.08. The lowest BCUT2D eigenvalue weighted by Crippen LogP contribution is -2.57. The molecule has 2 aromatic rings. The average Bonchev–Trinajstić information content (AvgIpc) is 3.63. The van der Waals surface area contributed by atoms with E-state index in [2.05, 4.69) is 79.1 Å². The molecule has 3 heterocycles. The minimum atomic E-state index is -0.701. The van der Waals surface area contributed by atoms with Crippen molar-refractivity contribution in [3.05, 3.63) is 65.2 Å². The quantitative estimate of drug-likeness (QED) is 0.465. The Morgan fingerprint density at radius 2 is 1.46 bits per heavy atom. The summed E-state index contributed by atoms with van der Waals surface area (Å²) in [5.41, 5.74) is 4.59. The number of nitrogens with zero attached hydrogens (tertiary/aromatic N) is 4. The topological polar surface area (TPSA) is 47.1 Å². The van der Waals surface area contributed by atoms with Crippen LogP contribution in [0.2, 0.25) is 0 Å². The molecule has 4 aliphatic rings. The zero-order valence-corrected chi connectivity index (χ0v) is 24.0. The molecule has 0 unspecified atom stereocenters. The predicted octanol–water partition coefficient (Wildman–Crippen LogP) is 5.49. The van der Waals surface area contributed by atoms with Gasteiger partial charge in [0.15, 0.2) is 0 Å². The van der Waals surface area contributed by atoms with E-state index in [0.29, 0.717) is 19.4 Å². The Bertz CT molecular complexity index is 1180. The molecule has 6 heteroatoms. The molecule has 0 bridgehead atoms. The Morgan fingerprint density at radius 1 is 0.846 bits per heavy atom. The van der Waals surface area contributed by atoms with Crippen LogP contribution in [0, 0.1) is 5.41 Å². The van der Waals surface area contributed by atoms with Crippen LogP contribution < -0.4 is 4.90 Å². The second kappa shape index (κ2) is 10.3. The first-order chi connectivity index (χ1) is 18.7. The van der Waals surface area contributed by atoms with Crippen molar-refractivity contribution in [3.63, 3.8) is 0 Å². The van der Waals surface area contributed by atoms with Gasteiger partial charge in [-0.15, -0.1) is 0 Å². The molecule has 2 aromatic carbocycles. The lowest BCUT2D eigenvalue weighted by Gasteiger charge is -2.43. The zero-order valence-electron chi connectivity index (χ0n) is 24.0. The summed E-state index contributed by atoms with van der Waals surface area (Å²) in [5, 5.41) is 0. The highest BCUT2D eigenvalue weighted by molar-refractivity contribution is 6.07. The lowest BCUT2D eigenvalue weighted by molar-refractivity contribution is -0.137. The normalized spacial score (nSPS) is 22.0. The van der Waals surface area contributed by atoms with Gasteiger partial charge in [0.2, 0.25) is 0 Å². The maximum atomic E-state index is 14.2. The maximum Gasteiger partial charge on any atom is 0.327 e. The molecule has 0 atom stereocenters. The van der Waals surface area contributed by atoms with E-state index in [-0.39, 0.29) is 23.4 Å². The maximum absolute atomic E-state index is 14.2. The highest BCUT2D eigenvalue weighted by atomic mass is 16.2. The molecule has 0 aromatic heterocycles. The van der Waals surface area contributed by atoms with Crippen molar-refractivity contribution in [1.29, 1.82) is 0 Å². The number of urea groups is 1. The summed E-state index contributed by atoms with van der Waals surface area (Å²) >= 11 is 0. The van der Waals surface area contributed by atoms with Gasteiger partial charge in [0.1, 0.15) is 5.54 Å². The van der Waals surface area contributed by atoms with Gasteiger partial charge in [-0.2, -0.15) is 0 Å². The van der Waals surface area contributed by atoms with Gasteiger partial charge in [-0.1, -0.05) is 57.2 Å². The number of hydrogen-bond acceptors (Lipinski definition) is 4. The zero-order chi connectivity index (χ0) is 27.2. The first-order valence-corrected chi connectivity index (χ1v) is 15.0. The van der Waals surface area contributed by atoms with Crippen molar-refractivity contribution < 1.29 is 9.59 Å². The molecule has 3 amide bonds. The number of carbonyl (C=O) groups excluding carboxylic acids is 2. The standard InChI is InChI=1S/C33H44N4O2/c1-32(2,3)14-21-36-31(39)37(29-22-26-8-4-5-9-27(26)23-29)30(38)33(36)15-19-34(20-16-33)24-25-10-12-28(13-11-25)35-17-6-7-18-35/h4-5,8-13,29H,6-7,14-24H2,1-3H3. The average molecular weight is 529 g/mol. The molecule has 1 aliphatic carbocycles. The fourth-order valence-corrected chi connectivity index (χ4v) is 7.15. The summed E-state index contributed by atoms with van der Waals surface area (Å²) < 4.78 is 0. The van der Waals surface area contributed by atoms with Gasteiger partial charge in [0, 0.05) is 51.0 Å². The summed E-state index contributed by atoms with van der Waals surface area (Å²) in [6, 6.07) is 17.3. The molecule has 208 valence electrons.